The summed E-state index contributed by atoms with van der Waals surface area (Å²) in [5.74, 6) is 0. The molecule has 14 N–H and O–H groups in total. The van der Waals surface area contributed by atoms with Crippen molar-refractivity contribution < 1.29 is 186 Å². The molecule has 8 heterocycles. The molecule has 8 fully saturated rings. The average Bonchev–Trinajstić information content (AvgIpc) is 3.69. The fourth-order valence-electron chi connectivity index (χ4n) is 10.1. The zero-order chi connectivity index (χ0) is 58.7. The number of ether oxygens (including phenoxy) is 13. The molecule has 8 rings (SSSR count). The third-order valence-corrected chi connectivity index (χ3v) is 15.4. The molecular weight excluding hydrogens is 1290 g/mol. The van der Waals surface area contributed by atoms with Gasteiger partial charge in [0.05, 0.1) is 39.6 Å². The van der Waals surface area contributed by atoms with Gasteiger partial charge < -0.3 is 117 Å². The van der Waals surface area contributed by atoms with E-state index in [2.05, 4.69) is 8.37 Å². The number of carbonyl (C=O) groups is 1. The molecule has 0 aromatic carbocycles. The Hall–Kier alpha value is 2.23. The summed E-state index contributed by atoms with van der Waals surface area (Å²) < 4.78 is 227. The van der Waals surface area contributed by atoms with E-state index in [1.54, 1.807) is 0 Å². The first-order valence-electron chi connectivity index (χ1n) is 23.4. The van der Waals surface area contributed by atoms with Crippen molar-refractivity contribution in [3.05, 3.63) is 0 Å². The second kappa shape index (κ2) is 32.1. The largest absolute Gasteiger partial charge is 0.397 e. The summed E-state index contributed by atoms with van der Waals surface area (Å²) in [6.45, 7) is -5.22. The molecular formula is C36H56Na4O40S4. The number of hydrogen-bond acceptors (Lipinski definition) is 36. The van der Waals surface area contributed by atoms with Crippen molar-refractivity contribution in [2.24, 2.45) is 0 Å². The number of carbonyl (C=O) groups excluding carboxylic acids is 1. The summed E-state index contributed by atoms with van der Waals surface area (Å²) in [4.78, 5) is 11.6. The minimum atomic E-state index is -5.69. The third kappa shape index (κ3) is 18.6. The predicted octanol–water partition coefficient (Wildman–Crippen LogP) is -13.3. The summed E-state index contributed by atoms with van der Waals surface area (Å²) in [6, 6.07) is 0. The maximum absolute atomic E-state index is 12.4. The van der Waals surface area contributed by atoms with Crippen LogP contribution in [0.15, 0.2) is 0 Å². The van der Waals surface area contributed by atoms with E-state index in [-0.39, 0.29) is 131 Å². The number of hydrogen-bond donors (Lipinski definition) is 14. The van der Waals surface area contributed by atoms with E-state index in [9.17, 15) is 108 Å². The van der Waals surface area contributed by atoms with Crippen LogP contribution in [-0.2, 0) is 125 Å². The van der Waals surface area contributed by atoms with Gasteiger partial charge in [-0.15, -0.1) is 0 Å². The van der Waals surface area contributed by atoms with Crippen LogP contribution in [0.25, 0.3) is 0 Å². The number of aldehydes is 1. The van der Waals surface area contributed by atoms with Crippen LogP contribution in [0.3, 0.4) is 0 Å². The molecule has 8 aliphatic rings. The summed E-state index contributed by atoms with van der Waals surface area (Å²) >= 11 is 0. The third-order valence-electron chi connectivity index (χ3n) is 13.5. The zero-order valence-corrected chi connectivity index (χ0v) is 55.3. The summed E-state index contributed by atoms with van der Waals surface area (Å²) in [5, 5.41) is 107. The molecule has 468 valence electrons. The second-order valence-electron chi connectivity index (χ2n) is 18.8. The molecule has 84 heavy (non-hydrogen) atoms. The van der Waals surface area contributed by atoms with E-state index in [1.807, 2.05) is 0 Å². The average molecular weight is 1350 g/mol. The molecule has 8 saturated heterocycles. The van der Waals surface area contributed by atoms with Crippen molar-refractivity contribution in [1.82, 2.24) is 0 Å². The number of rotatable bonds is 25. The van der Waals surface area contributed by atoms with E-state index < -0.39 is 253 Å². The van der Waals surface area contributed by atoms with Gasteiger partial charge in [0.25, 0.3) is 0 Å². The molecule has 0 amide bonds. The van der Waals surface area contributed by atoms with E-state index in [0.29, 0.717) is 0 Å². The Morgan fingerprint density at radius 2 is 0.833 bits per heavy atom. The van der Waals surface area contributed by atoms with Gasteiger partial charge >= 0.3 is 41.6 Å². The molecule has 0 saturated carbocycles. The van der Waals surface area contributed by atoms with Crippen LogP contribution in [-0.4, -0.2) is 445 Å². The Balaban J connectivity index is 0.00000378. The Morgan fingerprint density at radius 1 is 0.440 bits per heavy atom. The number of aliphatic hydroxyl groups is 10. The Kier molecular flexibility index (Phi) is 30.1. The summed E-state index contributed by atoms with van der Waals surface area (Å²) in [5.41, 5.74) is 0. The second-order valence-corrected chi connectivity index (χ2v) is 23.0. The SMILES string of the molecule is O=C[C@H](O)[C@@H](O[C@H]1O[C@@H]2CO[C@H]([C@H]1O)[C@H]2O[C@@H]1O[C@H](CO)[C@H](OS(=O)(=O)O)[C@H](O[C@H]2O[C@@H]3CO[C@@H]([C@H]3O[C@@H]3O[C@H](CO)[C@H](OS(=O)(=O)O)[C@H](O[C@H]4O[C@@H]5CO[C@@H]([C@H]5O)[C@H]4O)[C@H]3O)[C@H]2OS(=O)(=O)O)[C@H]1O)[C@@H](OS(=O)(=O)O)[C@H](O)CO.[Na].[Na].[Na].[Na]. The maximum Gasteiger partial charge on any atom is 0.397 e. The van der Waals surface area contributed by atoms with E-state index in [0.717, 1.165) is 0 Å². The predicted molar refractivity (Wildman–Crippen MR) is 255 cm³/mol. The summed E-state index contributed by atoms with van der Waals surface area (Å²) in [6.07, 6.45) is -58.5. The van der Waals surface area contributed by atoms with Gasteiger partial charge in [0.1, 0.15) is 140 Å². The van der Waals surface area contributed by atoms with Crippen molar-refractivity contribution >= 4 is 166 Å². The van der Waals surface area contributed by atoms with Crippen molar-refractivity contribution in [2.45, 2.75) is 178 Å². The van der Waals surface area contributed by atoms with Crippen LogP contribution in [0.5, 0.6) is 0 Å². The Bertz CT molecular complexity index is 2590. The van der Waals surface area contributed by atoms with E-state index >= 15 is 0 Å². The minimum Gasteiger partial charge on any atom is -0.394 e. The summed E-state index contributed by atoms with van der Waals surface area (Å²) in [7, 11) is -22.3. The van der Waals surface area contributed by atoms with Crippen LogP contribution in [0.2, 0.25) is 0 Å². The van der Waals surface area contributed by atoms with E-state index in [4.69, 9.17) is 69.9 Å². The van der Waals surface area contributed by atoms with Gasteiger partial charge in [-0.3, -0.25) is 18.2 Å². The molecule has 6 bridgehead atoms. The molecule has 0 aromatic rings. The van der Waals surface area contributed by atoms with Crippen LogP contribution in [0, 0.1) is 0 Å². The van der Waals surface area contributed by atoms with Gasteiger partial charge in [0.2, 0.25) is 0 Å². The molecule has 48 heteroatoms. The van der Waals surface area contributed by atoms with Crippen molar-refractivity contribution in [3.63, 3.8) is 0 Å². The smallest absolute Gasteiger partial charge is 0.394 e. The van der Waals surface area contributed by atoms with Crippen molar-refractivity contribution in [3.8, 4) is 0 Å². The van der Waals surface area contributed by atoms with Crippen molar-refractivity contribution in [2.75, 3.05) is 39.6 Å². The fourth-order valence-corrected chi connectivity index (χ4v) is 12.1. The first-order valence-corrected chi connectivity index (χ1v) is 28.9. The zero-order valence-electron chi connectivity index (χ0n) is 44.1. The van der Waals surface area contributed by atoms with Gasteiger partial charge in [-0.2, -0.15) is 33.7 Å². The van der Waals surface area contributed by atoms with Crippen LogP contribution in [0.1, 0.15) is 0 Å². The normalized spacial score (nSPS) is 42.7. The Morgan fingerprint density at radius 3 is 1.30 bits per heavy atom. The van der Waals surface area contributed by atoms with Gasteiger partial charge in [0.15, 0.2) is 43.8 Å². The van der Waals surface area contributed by atoms with Gasteiger partial charge in [0, 0.05) is 118 Å². The molecule has 0 unspecified atom stereocenters. The van der Waals surface area contributed by atoms with Gasteiger partial charge in [-0.1, -0.05) is 0 Å². The number of aliphatic hydroxyl groups excluding tert-OH is 10. The van der Waals surface area contributed by atoms with Gasteiger partial charge in [-0.25, -0.2) is 16.7 Å². The number of fused-ring (bicyclic) bond motifs is 6. The quantitative estimate of drug-likeness (QED) is 0.0229. The fraction of sp³-hybridized carbons (Fsp3) is 0.972. The molecule has 8 aliphatic heterocycles. The van der Waals surface area contributed by atoms with Crippen molar-refractivity contribution in [1.29, 1.82) is 0 Å². The van der Waals surface area contributed by atoms with Crippen LogP contribution >= 0.6 is 0 Å². The molecule has 4 radical (unpaired) electrons. The first-order chi connectivity index (χ1) is 37.3. The molecule has 40 nitrogen and oxygen atoms in total. The van der Waals surface area contributed by atoms with Gasteiger partial charge in [-0.05, 0) is 0 Å². The topological polar surface area (TPSA) is 594 Å². The first kappa shape index (κ1) is 78.7. The van der Waals surface area contributed by atoms with Crippen LogP contribution < -0.4 is 0 Å². The molecule has 0 aliphatic carbocycles. The molecule has 0 spiro atoms. The monoisotopic (exact) mass is 1350 g/mol. The molecule has 0 aromatic heterocycles. The maximum atomic E-state index is 12.4. The standard InChI is InChI=1S/C36H56O40S4.4Na/c37-1-8(41)20(21(9(42)2-38)73-77(48,49)50)68-33-17(45)27-22(13(66-33)6-61-27)69-34-19(47)29(25(11(4-40)63-34)75-79(54,55)56)72-36-31(76-80(57,58)59)30-23(14(67-36)7-62-30)70-35-18(46)28(24(10(3-39)64-35)74-78(51,52)53)71-32-16(44)26-15(43)12(65-32)5-60-26;;;;/h1,8-36,38-47H,2-7H2,(H,48,49,50)(H,51,52,53)(H,54,55,56)(H,57,58,59);;;;/t8-,9+,10+,11+,12+,13+,14+,15-,16+,17+,18+,19+,20+,21-,22-,23-,24-,25-,26-,27+,28+,29+,30-,31+,32+,33+,34-,35-,36+;;;;/m0..../s1. The van der Waals surface area contributed by atoms with E-state index in [1.165, 1.54) is 0 Å². The minimum absolute atomic E-state index is 0. The van der Waals surface area contributed by atoms with Crippen LogP contribution in [0.4, 0.5) is 0 Å². The Labute approximate surface area is 564 Å². The molecule has 29 atom stereocenters.